The molecule has 1 aromatic rings. The number of amides is 1. The third kappa shape index (κ3) is 2.00. The highest BCUT2D eigenvalue weighted by Gasteiger charge is 2.41. The highest BCUT2D eigenvalue weighted by Crippen LogP contribution is 2.38. The third-order valence-electron chi connectivity index (χ3n) is 4.23. The van der Waals surface area contributed by atoms with Gasteiger partial charge in [0.2, 0.25) is 0 Å². The van der Waals surface area contributed by atoms with E-state index >= 15 is 0 Å². The second-order valence-electron chi connectivity index (χ2n) is 5.38. The molecule has 0 bridgehead atoms. The van der Waals surface area contributed by atoms with Crippen LogP contribution in [0.5, 0.6) is 5.75 Å². The second kappa shape index (κ2) is 4.85. The Morgan fingerprint density at radius 1 is 1.47 bits per heavy atom. The number of carbonyl (C=O) groups is 1. The van der Waals surface area contributed by atoms with E-state index in [0.29, 0.717) is 0 Å². The lowest BCUT2D eigenvalue weighted by Gasteiger charge is -2.27. The van der Waals surface area contributed by atoms with Gasteiger partial charge in [0.25, 0.3) is 5.91 Å². The maximum atomic E-state index is 12.6. The summed E-state index contributed by atoms with van der Waals surface area (Å²) in [6.07, 6.45) is 1.41. The second-order valence-corrected chi connectivity index (χ2v) is 5.38. The Balaban J connectivity index is 1.79. The van der Waals surface area contributed by atoms with Gasteiger partial charge in [-0.15, -0.1) is 0 Å². The number of hydrogen-bond acceptors (Lipinski definition) is 3. The van der Waals surface area contributed by atoms with Crippen LogP contribution in [0.2, 0.25) is 0 Å². The van der Waals surface area contributed by atoms with Crippen LogP contribution in [0, 0.1) is 0 Å². The van der Waals surface area contributed by atoms with Crippen LogP contribution in [0.1, 0.15) is 31.2 Å². The summed E-state index contributed by atoms with van der Waals surface area (Å²) in [5, 5.41) is 9.33. The predicted molar refractivity (Wildman–Crippen MR) is 71.1 cm³/mol. The molecule has 0 spiro atoms. The molecular weight excluding hydrogens is 242 g/mol. The van der Waals surface area contributed by atoms with Gasteiger partial charge in [0.05, 0.1) is 12.6 Å². The quantitative estimate of drug-likeness (QED) is 0.878. The van der Waals surface area contributed by atoms with Gasteiger partial charge >= 0.3 is 0 Å². The van der Waals surface area contributed by atoms with Gasteiger partial charge in [0.15, 0.2) is 6.10 Å². The van der Waals surface area contributed by atoms with Crippen molar-refractivity contribution in [3.05, 3.63) is 29.8 Å². The van der Waals surface area contributed by atoms with E-state index in [0.717, 1.165) is 30.7 Å². The normalized spacial score (nSPS) is 29.2. The number of ether oxygens (including phenoxy) is 1. The fourth-order valence-corrected chi connectivity index (χ4v) is 3.11. The monoisotopic (exact) mass is 261 g/mol. The van der Waals surface area contributed by atoms with Crippen molar-refractivity contribution in [2.24, 2.45) is 0 Å². The number of aliphatic hydroxyl groups is 1. The average Bonchev–Trinajstić information content (AvgIpc) is 3.03. The predicted octanol–water partition coefficient (Wildman–Crippen LogP) is 1.53. The minimum absolute atomic E-state index is 0.0141. The summed E-state index contributed by atoms with van der Waals surface area (Å²) in [5.41, 5.74) is 1.10. The van der Waals surface area contributed by atoms with Gasteiger partial charge in [-0.2, -0.15) is 0 Å². The standard InChI is InChI=1S/C15H19NO3/c1-10-12-6-2-3-7-13(12)19-14(10)15(18)16-8-4-5-11(16)9-17/h2-3,6-7,10-11,14,17H,4-5,8-9H2,1H3. The molecule has 0 saturated carbocycles. The molecule has 1 fully saturated rings. The SMILES string of the molecule is CC1c2ccccc2OC1C(=O)N1CCCC1CO. The number of likely N-dealkylation sites (tertiary alicyclic amines) is 1. The molecule has 1 aromatic carbocycles. The molecule has 2 heterocycles. The summed E-state index contributed by atoms with van der Waals surface area (Å²) in [7, 11) is 0. The highest BCUT2D eigenvalue weighted by molar-refractivity contribution is 5.84. The largest absolute Gasteiger partial charge is 0.480 e. The van der Waals surface area contributed by atoms with E-state index in [9.17, 15) is 9.90 Å². The van der Waals surface area contributed by atoms with Crippen LogP contribution in [0.3, 0.4) is 0 Å². The molecule has 0 aliphatic carbocycles. The topological polar surface area (TPSA) is 49.8 Å². The van der Waals surface area contributed by atoms with Crippen molar-refractivity contribution in [2.45, 2.75) is 37.8 Å². The minimum Gasteiger partial charge on any atom is -0.480 e. The number of benzene rings is 1. The van der Waals surface area contributed by atoms with Crippen LogP contribution >= 0.6 is 0 Å². The van der Waals surface area contributed by atoms with Crippen LogP contribution in [-0.4, -0.2) is 41.2 Å². The molecule has 1 amide bonds. The Bertz CT molecular complexity index is 488. The highest BCUT2D eigenvalue weighted by atomic mass is 16.5. The lowest BCUT2D eigenvalue weighted by Crippen LogP contribution is -2.46. The van der Waals surface area contributed by atoms with Gasteiger partial charge in [-0.05, 0) is 18.9 Å². The van der Waals surface area contributed by atoms with Crippen molar-refractivity contribution in [3.8, 4) is 5.75 Å². The van der Waals surface area contributed by atoms with E-state index in [1.807, 2.05) is 31.2 Å². The first kappa shape index (κ1) is 12.5. The molecule has 4 nitrogen and oxygen atoms in total. The summed E-state index contributed by atoms with van der Waals surface area (Å²) >= 11 is 0. The minimum atomic E-state index is -0.440. The maximum absolute atomic E-state index is 12.6. The molecule has 0 aromatic heterocycles. The first-order chi connectivity index (χ1) is 9.22. The van der Waals surface area contributed by atoms with E-state index < -0.39 is 6.10 Å². The van der Waals surface area contributed by atoms with Crippen LogP contribution in [0.25, 0.3) is 0 Å². The number of hydrogen-bond donors (Lipinski definition) is 1. The molecule has 2 aliphatic rings. The van der Waals surface area contributed by atoms with E-state index in [2.05, 4.69) is 0 Å². The molecule has 2 aliphatic heterocycles. The molecule has 4 heteroatoms. The van der Waals surface area contributed by atoms with Gasteiger partial charge in [-0.25, -0.2) is 0 Å². The molecule has 19 heavy (non-hydrogen) atoms. The zero-order valence-corrected chi connectivity index (χ0v) is 11.1. The van der Waals surface area contributed by atoms with Crippen molar-refractivity contribution in [2.75, 3.05) is 13.2 Å². The molecule has 1 saturated heterocycles. The van der Waals surface area contributed by atoms with E-state index in [-0.39, 0.29) is 24.5 Å². The van der Waals surface area contributed by atoms with Crippen LogP contribution in [0.4, 0.5) is 0 Å². The number of rotatable bonds is 2. The lowest BCUT2D eigenvalue weighted by atomic mass is 9.96. The van der Waals surface area contributed by atoms with Gasteiger partial charge in [-0.1, -0.05) is 25.1 Å². The summed E-state index contributed by atoms with van der Waals surface area (Å²) in [5.74, 6) is 0.900. The number of nitrogens with zero attached hydrogens (tertiary/aromatic N) is 1. The number of fused-ring (bicyclic) bond motifs is 1. The third-order valence-corrected chi connectivity index (χ3v) is 4.23. The lowest BCUT2D eigenvalue weighted by molar-refractivity contribution is -0.140. The molecule has 102 valence electrons. The summed E-state index contributed by atoms with van der Waals surface area (Å²) in [6, 6.07) is 7.78. The smallest absolute Gasteiger partial charge is 0.264 e. The number of para-hydroxylation sites is 1. The van der Waals surface area contributed by atoms with Gasteiger partial charge in [0, 0.05) is 18.0 Å². The van der Waals surface area contributed by atoms with Crippen molar-refractivity contribution in [3.63, 3.8) is 0 Å². The van der Waals surface area contributed by atoms with Gasteiger partial charge in [0.1, 0.15) is 5.75 Å². The zero-order chi connectivity index (χ0) is 13.4. The van der Waals surface area contributed by atoms with E-state index in [4.69, 9.17) is 4.74 Å². The Kier molecular flexibility index (Phi) is 3.19. The first-order valence-corrected chi connectivity index (χ1v) is 6.89. The van der Waals surface area contributed by atoms with Crippen molar-refractivity contribution < 1.29 is 14.6 Å². The Labute approximate surface area is 113 Å². The molecule has 0 radical (unpaired) electrons. The van der Waals surface area contributed by atoms with Crippen LogP contribution < -0.4 is 4.74 Å². The first-order valence-electron chi connectivity index (χ1n) is 6.89. The molecule has 3 unspecified atom stereocenters. The molecule has 3 rings (SSSR count). The van der Waals surface area contributed by atoms with Gasteiger partial charge in [-0.3, -0.25) is 4.79 Å². The van der Waals surface area contributed by atoms with E-state index in [1.165, 1.54) is 0 Å². The molecule has 3 atom stereocenters. The van der Waals surface area contributed by atoms with Crippen LogP contribution in [-0.2, 0) is 4.79 Å². The van der Waals surface area contributed by atoms with Crippen molar-refractivity contribution in [1.82, 2.24) is 4.90 Å². The Morgan fingerprint density at radius 3 is 3.00 bits per heavy atom. The van der Waals surface area contributed by atoms with E-state index in [1.54, 1.807) is 4.90 Å². The molecule has 1 N–H and O–H groups in total. The Hall–Kier alpha value is -1.55. The van der Waals surface area contributed by atoms with Crippen molar-refractivity contribution in [1.29, 1.82) is 0 Å². The summed E-state index contributed by atoms with van der Waals surface area (Å²) in [6.45, 7) is 2.80. The zero-order valence-electron chi connectivity index (χ0n) is 11.1. The number of carbonyl (C=O) groups excluding carboxylic acids is 1. The summed E-state index contributed by atoms with van der Waals surface area (Å²) < 4.78 is 5.81. The fourth-order valence-electron chi connectivity index (χ4n) is 3.11. The fraction of sp³-hybridized carbons (Fsp3) is 0.533. The average molecular weight is 261 g/mol. The Morgan fingerprint density at radius 2 is 2.26 bits per heavy atom. The van der Waals surface area contributed by atoms with Crippen LogP contribution in [0.15, 0.2) is 24.3 Å². The maximum Gasteiger partial charge on any atom is 0.264 e. The number of aliphatic hydroxyl groups excluding tert-OH is 1. The van der Waals surface area contributed by atoms with Crippen molar-refractivity contribution >= 4 is 5.91 Å². The summed E-state index contributed by atoms with van der Waals surface area (Å²) in [4.78, 5) is 14.4. The van der Waals surface area contributed by atoms with Gasteiger partial charge < -0.3 is 14.7 Å². The molecular formula is C15H19NO3.